The van der Waals surface area contributed by atoms with Gasteiger partial charge < -0.3 is 15.2 Å². The number of benzene rings is 1. The van der Waals surface area contributed by atoms with Gasteiger partial charge in [0.25, 0.3) is 0 Å². The molecule has 2 aromatic rings. The lowest BCUT2D eigenvalue weighted by Gasteiger charge is -2.11. The molecule has 1 aromatic heterocycles. The summed E-state index contributed by atoms with van der Waals surface area (Å²) in [6, 6.07) is 6.58. The number of fused-ring (bicyclic) bond motifs is 1. The Bertz CT molecular complexity index is 597. The number of nitrogens with one attached hydrogen (secondary N) is 1. The van der Waals surface area contributed by atoms with Gasteiger partial charge in [-0.25, -0.2) is 4.79 Å². The molecule has 0 saturated heterocycles. The van der Waals surface area contributed by atoms with Crippen LogP contribution in [-0.2, 0) is 11.2 Å². The van der Waals surface area contributed by atoms with Crippen LogP contribution in [-0.4, -0.2) is 28.0 Å². The number of carbonyl (C=O) groups is 1. The summed E-state index contributed by atoms with van der Waals surface area (Å²) in [5, 5.41) is 20.9. The van der Waals surface area contributed by atoms with Crippen LogP contribution in [0.2, 0.25) is 0 Å². The van der Waals surface area contributed by atoms with Gasteiger partial charge in [-0.3, -0.25) is 4.99 Å². The number of hydrogen-bond donors (Lipinski definition) is 2. The monoisotopic (exact) mass is 245 g/mol. The van der Waals surface area contributed by atoms with Crippen molar-refractivity contribution in [1.29, 1.82) is 0 Å². The molecule has 1 heterocycles. The molecule has 0 bridgehead atoms. The number of aromatic nitrogens is 1. The second-order valence-electron chi connectivity index (χ2n) is 4.07. The summed E-state index contributed by atoms with van der Waals surface area (Å²) < 4.78 is 0. The standard InChI is InChI=1S/C13H14N2O3/c1-8(16)15-12(13(17)18)6-9-7-14-11-5-3-2-4-10(9)11/h2-5,7,12,14H,6H2,1H3,(H,15,16)(H,17,18)/p-1/t12-/m1/s1. The lowest BCUT2D eigenvalue weighted by Crippen LogP contribution is -2.25. The number of hydrogen-bond acceptors (Lipinski definition) is 3. The van der Waals surface area contributed by atoms with Gasteiger partial charge in [-0.2, -0.15) is 0 Å². The van der Waals surface area contributed by atoms with Gasteiger partial charge in [-0.15, -0.1) is 0 Å². The minimum atomic E-state index is -1.09. The Hall–Kier alpha value is -2.30. The van der Waals surface area contributed by atoms with Crippen LogP contribution in [0.25, 0.3) is 10.9 Å². The number of rotatable bonds is 4. The molecule has 0 amide bonds. The van der Waals surface area contributed by atoms with E-state index in [1.807, 2.05) is 24.3 Å². The first-order valence-corrected chi connectivity index (χ1v) is 5.57. The van der Waals surface area contributed by atoms with E-state index in [1.165, 1.54) is 6.92 Å². The molecule has 2 N–H and O–H groups in total. The second kappa shape index (κ2) is 4.91. The maximum Gasteiger partial charge on any atom is 0.328 e. The van der Waals surface area contributed by atoms with Gasteiger partial charge in [0.15, 0.2) is 0 Å². The van der Waals surface area contributed by atoms with E-state index in [1.54, 1.807) is 6.20 Å². The van der Waals surface area contributed by atoms with Crippen LogP contribution >= 0.6 is 0 Å². The van der Waals surface area contributed by atoms with Crippen molar-refractivity contribution in [2.75, 3.05) is 0 Å². The maximum atomic E-state index is 11.0. The molecular weight excluding hydrogens is 232 g/mol. The molecule has 1 aromatic carbocycles. The normalized spacial score (nSPS) is 13.7. The van der Waals surface area contributed by atoms with Gasteiger partial charge in [0, 0.05) is 23.5 Å². The van der Waals surface area contributed by atoms with Crippen LogP contribution in [0.5, 0.6) is 0 Å². The fraction of sp³-hybridized carbons (Fsp3) is 0.231. The largest absolute Gasteiger partial charge is 0.862 e. The molecule has 94 valence electrons. The highest BCUT2D eigenvalue weighted by Crippen LogP contribution is 2.19. The van der Waals surface area contributed by atoms with Gasteiger partial charge in [0.2, 0.25) is 0 Å². The summed E-state index contributed by atoms with van der Waals surface area (Å²) in [6.45, 7) is 1.26. The predicted molar refractivity (Wildman–Crippen MR) is 66.5 cm³/mol. The Kier molecular flexibility index (Phi) is 3.32. The first kappa shape index (κ1) is 12.2. The van der Waals surface area contributed by atoms with Gasteiger partial charge >= 0.3 is 5.97 Å². The number of carboxylic acid groups (broad SMARTS) is 1. The number of carboxylic acids is 1. The minimum Gasteiger partial charge on any atom is -0.862 e. The summed E-state index contributed by atoms with van der Waals surface area (Å²) >= 11 is 0. The van der Waals surface area contributed by atoms with E-state index in [0.29, 0.717) is 0 Å². The Morgan fingerprint density at radius 1 is 1.50 bits per heavy atom. The summed E-state index contributed by atoms with van der Waals surface area (Å²) in [5.41, 5.74) is 1.79. The smallest absolute Gasteiger partial charge is 0.328 e. The van der Waals surface area contributed by atoms with Crippen LogP contribution in [0.4, 0.5) is 0 Å². The van der Waals surface area contributed by atoms with E-state index in [4.69, 9.17) is 5.11 Å². The molecule has 0 spiro atoms. The Balaban J connectivity index is 2.32. The lowest BCUT2D eigenvalue weighted by atomic mass is 10.1. The fourth-order valence-electron chi connectivity index (χ4n) is 1.92. The minimum absolute atomic E-state index is 0.207. The van der Waals surface area contributed by atoms with Gasteiger partial charge in [-0.05, 0) is 24.5 Å². The Morgan fingerprint density at radius 3 is 2.89 bits per heavy atom. The van der Waals surface area contributed by atoms with Crippen molar-refractivity contribution in [2.45, 2.75) is 19.4 Å². The van der Waals surface area contributed by atoms with E-state index < -0.39 is 17.9 Å². The average Bonchev–Trinajstić information content (AvgIpc) is 2.71. The van der Waals surface area contributed by atoms with Gasteiger partial charge in [0.1, 0.15) is 6.04 Å². The number of aliphatic imine (C=N–C) groups is 1. The molecular formula is C13H13N2O3-. The third-order valence-corrected chi connectivity index (χ3v) is 2.71. The molecule has 0 aliphatic rings. The highest BCUT2D eigenvalue weighted by molar-refractivity contribution is 5.85. The van der Waals surface area contributed by atoms with Crippen molar-refractivity contribution in [1.82, 2.24) is 4.98 Å². The maximum absolute atomic E-state index is 11.0. The van der Waals surface area contributed by atoms with E-state index >= 15 is 0 Å². The van der Waals surface area contributed by atoms with E-state index in [0.717, 1.165) is 16.5 Å². The topological polar surface area (TPSA) is 88.5 Å². The number of para-hydroxylation sites is 1. The number of aliphatic carboxylic acids is 1. The van der Waals surface area contributed by atoms with Crippen molar-refractivity contribution in [2.24, 2.45) is 4.99 Å². The van der Waals surface area contributed by atoms with E-state index in [2.05, 4.69) is 9.98 Å². The molecule has 0 fully saturated rings. The van der Waals surface area contributed by atoms with Crippen molar-refractivity contribution >= 4 is 22.8 Å². The molecule has 0 aliphatic heterocycles. The Labute approximate surface area is 104 Å². The second-order valence-corrected chi connectivity index (χ2v) is 4.07. The molecule has 2 rings (SSSR count). The molecule has 1 atom stereocenters. The Morgan fingerprint density at radius 2 is 2.22 bits per heavy atom. The third-order valence-electron chi connectivity index (χ3n) is 2.71. The van der Waals surface area contributed by atoms with Crippen LogP contribution < -0.4 is 5.11 Å². The summed E-state index contributed by atoms with van der Waals surface area (Å²) in [4.78, 5) is 17.7. The summed E-state index contributed by atoms with van der Waals surface area (Å²) in [5.74, 6) is -1.56. The molecule has 0 saturated carbocycles. The zero-order chi connectivity index (χ0) is 13.1. The van der Waals surface area contributed by atoms with E-state index in [9.17, 15) is 9.90 Å². The van der Waals surface area contributed by atoms with Crippen molar-refractivity contribution in [3.05, 3.63) is 36.0 Å². The lowest BCUT2D eigenvalue weighted by molar-refractivity contribution is -0.216. The fourth-order valence-corrected chi connectivity index (χ4v) is 1.92. The van der Waals surface area contributed by atoms with Crippen LogP contribution in [0.15, 0.2) is 35.5 Å². The van der Waals surface area contributed by atoms with Crippen LogP contribution in [0, 0.1) is 0 Å². The molecule has 0 radical (unpaired) electrons. The zero-order valence-electron chi connectivity index (χ0n) is 9.88. The van der Waals surface area contributed by atoms with Gasteiger partial charge in [-0.1, -0.05) is 18.2 Å². The van der Waals surface area contributed by atoms with Crippen LogP contribution in [0.3, 0.4) is 0 Å². The van der Waals surface area contributed by atoms with Crippen LogP contribution in [0.1, 0.15) is 12.5 Å². The number of nitrogens with zero attached hydrogens (tertiary/aromatic N) is 1. The number of H-pyrrole nitrogens is 1. The van der Waals surface area contributed by atoms with E-state index in [-0.39, 0.29) is 6.42 Å². The molecule has 5 nitrogen and oxygen atoms in total. The zero-order valence-corrected chi connectivity index (χ0v) is 9.88. The van der Waals surface area contributed by atoms with Crippen molar-refractivity contribution in [3.63, 3.8) is 0 Å². The highest BCUT2D eigenvalue weighted by atomic mass is 16.4. The average molecular weight is 245 g/mol. The molecule has 18 heavy (non-hydrogen) atoms. The first-order chi connectivity index (χ1) is 8.58. The van der Waals surface area contributed by atoms with Gasteiger partial charge in [0.05, 0.1) is 0 Å². The first-order valence-electron chi connectivity index (χ1n) is 5.57. The highest BCUT2D eigenvalue weighted by Gasteiger charge is 2.17. The quantitative estimate of drug-likeness (QED) is 0.620. The summed E-state index contributed by atoms with van der Waals surface area (Å²) in [6.07, 6.45) is 1.97. The third kappa shape index (κ3) is 2.51. The molecule has 5 heteroatoms. The SMILES string of the molecule is CC([O-])=N[C@H](Cc1c[nH]c2ccccc12)C(=O)O. The van der Waals surface area contributed by atoms with Crippen molar-refractivity contribution in [3.8, 4) is 0 Å². The number of aromatic amines is 1. The summed E-state index contributed by atoms with van der Waals surface area (Å²) in [7, 11) is 0. The van der Waals surface area contributed by atoms with Crippen molar-refractivity contribution < 1.29 is 15.0 Å². The molecule has 0 aliphatic carbocycles. The molecule has 0 unspecified atom stereocenters. The predicted octanol–water partition coefficient (Wildman–Crippen LogP) is 0.942.